The first kappa shape index (κ1) is 80.0. The molecule has 82 heavy (non-hydrogen) atoms. The predicted molar refractivity (Wildman–Crippen MR) is 353 cm³/mol. The van der Waals surface area contributed by atoms with Gasteiger partial charge in [0.1, 0.15) is 19.3 Å². The fourth-order valence-electron chi connectivity index (χ4n) is 10.5. The third-order valence-corrected chi connectivity index (χ3v) is 16.9. The quantitative estimate of drug-likeness (QED) is 0.0212. The van der Waals surface area contributed by atoms with E-state index in [0.717, 1.165) is 83.5 Å². The van der Waals surface area contributed by atoms with Crippen LogP contribution >= 0.6 is 7.82 Å². The summed E-state index contributed by atoms with van der Waals surface area (Å²) >= 11 is 0. The van der Waals surface area contributed by atoms with Crippen LogP contribution in [0.2, 0.25) is 0 Å². The molecule has 0 radical (unpaired) electrons. The first-order chi connectivity index (χ1) is 39.9. The fraction of sp³-hybridized carbons (Fsp3) is 0.861. The highest BCUT2D eigenvalue weighted by atomic mass is 31.2. The maximum Gasteiger partial charge on any atom is 0.306 e. The number of amides is 1. The van der Waals surface area contributed by atoms with Gasteiger partial charge in [-0.2, -0.15) is 0 Å². The zero-order valence-electron chi connectivity index (χ0n) is 55.2. The molecule has 0 aliphatic rings. The number of nitrogens with one attached hydrogen (secondary N) is 1. The molecule has 0 aliphatic heterocycles. The van der Waals surface area contributed by atoms with Crippen molar-refractivity contribution in [2.24, 2.45) is 0 Å². The Labute approximate surface area is 509 Å². The molecule has 1 amide bonds. The first-order valence-corrected chi connectivity index (χ1v) is 36.9. The lowest BCUT2D eigenvalue weighted by Gasteiger charge is -2.30. The number of esters is 1. The molecule has 482 valence electrons. The second-order valence-corrected chi connectivity index (χ2v) is 26.8. The molecule has 3 unspecified atom stereocenters. The lowest BCUT2D eigenvalue weighted by molar-refractivity contribution is -0.870. The topological polar surface area (TPSA) is 114 Å². The van der Waals surface area contributed by atoms with Crippen LogP contribution in [0, 0.1) is 0 Å². The van der Waals surface area contributed by atoms with E-state index in [1.54, 1.807) is 0 Å². The highest BCUT2D eigenvalue weighted by Gasteiger charge is 2.27. The van der Waals surface area contributed by atoms with E-state index in [9.17, 15) is 19.0 Å². The molecular weight excluding hydrogens is 1040 g/mol. The van der Waals surface area contributed by atoms with Crippen LogP contribution in [0.25, 0.3) is 0 Å². The number of likely N-dealkylation sites (N-methyl/N-ethyl adjacent to an activating group) is 1. The summed E-state index contributed by atoms with van der Waals surface area (Å²) in [6.45, 7) is 6.86. The Balaban J connectivity index is 5.03. The SMILES string of the molecule is CCCCC/C=C\C/C=C\CCCCCCCCCCCCCCCCCCCC(=O)OC(/C=C\CCCCCCCCCCCCC)C(COP(=O)([O-])OCC[N+](C)(C)C)NC(=O)CCCCCCC/C=C/CCCCCCCCC. The second kappa shape index (κ2) is 62.0. The largest absolute Gasteiger partial charge is 0.756 e. The number of carbonyl (C=O) groups excluding carboxylic acids is 2. The van der Waals surface area contributed by atoms with Gasteiger partial charge in [0, 0.05) is 12.8 Å². The van der Waals surface area contributed by atoms with Crippen LogP contribution in [0.5, 0.6) is 0 Å². The summed E-state index contributed by atoms with van der Waals surface area (Å²) in [5, 5.41) is 3.04. The molecule has 9 nitrogen and oxygen atoms in total. The molecule has 0 rings (SSSR count). The monoisotopic (exact) mass is 1170 g/mol. The van der Waals surface area contributed by atoms with E-state index in [2.05, 4.69) is 62.5 Å². The highest BCUT2D eigenvalue weighted by Crippen LogP contribution is 2.38. The Hall–Kier alpha value is -2.03. The van der Waals surface area contributed by atoms with Crippen molar-refractivity contribution in [2.75, 3.05) is 40.9 Å². The fourth-order valence-corrected chi connectivity index (χ4v) is 11.2. The van der Waals surface area contributed by atoms with Crippen LogP contribution in [0.3, 0.4) is 0 Å². The smallest absolute Gasteiger partial charge is 0.306 e. The third-order valence-electron chi connectivity index (χ3n) is 16.0. The molecule has 0 fully saturated rings. The number of phosphoric ester groups is 1. The maximum atomic E-state index is 13.6. The van der Waals surface area contributed by atoms with Gasteiger partial charge in [0.25, 0.3) is 7.82 Å². The van der Waals surface area contributed by atoms with Crippen molar-refractivity contribution in [1.29, 1.82) is 0 Å². The molecule has 0 spiro atoms. The Morgan fingerprint density at radius 3 is 1.13 bits per heavy atom. The summed E-state index contributed by atoms with van der Waals surface area (Å²) in [5.41, 5.74) is 0. The standard InChI is InChI=1S/C72H137N2O7P/c1-7-10-13-16-19-22-25-28-30-32-33-34-35-36-37-38-39-40-41-42-44-47-50-53-56-59-62-65-72(76)81-70(63-60-57-54-51-48-45-27-24-21-18-15-12-9-3)69(68-80-82(77,78)79-67-66-74(4,5)6)73-71(75)64-61-58-55-52-49-46-43-31-29-26-23-20-17-14-11-8-2/h19,22,28,30-31,43,60,63,69-70H,7-18,20-21,23-27,29,32-42,44-59,61-62,64-68H2,1-6H3,(H-,73,75,77,78)/b22-19-,30-28-,43-31+,63-60-. The molecular formula is C72H137N2O7P. The second-order valence-electron chi connectivity index (χ2n) is 25.4. The molecule has 0 saturated carbocycles. The molecule has 0 bridgehead atoms. The van der Waals surface area contributed by atoms with Crippen molar-refractivity contribution in [3.05, 3.63) is 48.6 Å². The zero-order valence-corrected chi connectivity index (χ0v) is 56.1. The van der Waals surface area contributed by atoms with Crippen LogP contribution in [0.4, 0.5) is 0 Å². The Bertz CT molecular complexity index is 1540. The molecule has 3 atom stereocenters. The van der Waals surface area contributed by atoms with Crippen LogP contribution in [-0.4, -0.2) is 69.4 Å². The van der Waals surface area contributed by atoms with Gasteiger partial charge in [0.05, 0.1) is 33.8 Å². The van der Waals surface area contributed by atoms with Crippen LogP contribution < -0.4 is 10.2 Å². The molecule has 0 aromatic carbocycles. The highest BCUT2D eigenvalue weighted by molar-refractivity contribution is 7.45. The van der Waals surface area contributed by atoms with Crippen molar-refractivity contribution in [3.8, 4) is 0 Å². The van der Waals surface area contributed by atoms with Crippen molar-refractivity contribution in [2.45, 2.75) is 360 Å². The predicted octanol–water partition coefficient (Wildman–Crippen LogP) is 21.8. The van der Waals surface area contributed by atoms with Gasteiger partial charge in [-0.1, -0.05) is 294 Å². The van der Waals surface area contributed by atoms with Gasteiger partial charge in [-0.15, -0.1) is 0 Å². The summed E-state index contributed by atoms with van der Waals surface area (Å²) in [6.07, 6.45) is 78.1. The van der Waals surface area contributed by atoms with E-state index < -0.39 is 20.0 Å². The number of nitrogens with zero attached hydrogens (tertiary/aromatic N) is 1. The van der Waals surface area contributed by atoms with Crippen LogP contribution in [-0.2, 0) is 27.9 Å². The molecule has 1 N–H and O–H groups in total. The number of ether oxygens (including phenoxy) is 1. The Morgan fingerprint density at radius 1 is 0.427 bits per heavy atom. The van der Waals surface area contributed by atoms with E-state index >= 15 is 0 Å². The summed E-state index contributed by atoms with van der Waals surface area (Å²) in [4.78, 5) is 40.1. The number of allylic oxidation sites excluding steroid dienone is 7. The zero-order chi connectivity index (χ0) is 60.0. The van der Waals surface area contributed by atoms with E-state index in [1.165, 1.54) is 231 Å². The van der Waals surface area contributed by atoms with Gasteiger partial charge in [0.15, 0.2) is 0 Å². The number of rotatable bonds is 65. The van der Waals surface area contributed by atoms with Crippen molar-refractivity contribution < 1.29 is 37.3 Å². The minimum Gasteiger partial charge on any atom is -0.756 e. The molecule has 0 saturated heterocycles. The van der Waals surface area contributed by atoms with Crippen molar-refractivity contribution in [3.63, 3.8) is 0 Å². The van der Waals surface area contributed by atoms with Gasteiger partial charge in [-0.05, 0) is 89.5 Å². The average molecular weight is 1170 g/mol. The van der Waals surface area contributed by atoms with Gasteiger partial charge in [0.2, 0.25) is 5.91 Å². The Morgan fingerprint density at radius 2 is 0.744 bits per heavy atom. The maximum absolute atomic E-state index is 13.6. The summed E-state index contributed by atoms with van der Waals surface area (Å²) in [7, 11) is 1.19. The number of quaternary nitrogens is 1. The number of phosphoric acid groups is 1. The van der Waals surface area contributed by atoms with E-state index in [1.807, 2.05) is 33.3 Å². The number of hydrogen-bond donors (Lipinski definition) is 1. The summed E-state index contributed by atoms with van der Waals surface area (Å²) < 4.78 is 30.4. The average Bonchev–Trinajstić information content (AvgIpc) is 3.45. The third kappa shape index (κ3) is 62.5. The van der Waals surface area contributed by atoms with Gasteiger partial charge in [-0.3, -0.25) is 14.2 Å². The lowest BCUT2D eigenvalue weighted by atomic mass is 10.0. The molecule has 0 aliphatic carbocycles. The Kier molecular flexibility index (Phi) is 60.5. The molecule has 0 aromatic heterocycles. The van der Waals surface area contributed by atoms with Crippen LogP contribution in [0.1, 0.15) is 348 Å². The van der Waals surface area contributed by atoms with E-state index in [4.69, 9.17) is 13.8 Å². The molecule has 0 heterocycles. The normalized spacial score (nSPS) is 13.8. The van der Waals surface area contributed by atoms with Gasteiger partial charge >= 0.3 is 5.97 Å². The lowest BCUT2D eigenvalue weighted by Crippen LogP contribution is -2.47. The first-order valence-electron chi connectivity index (χ1n) is 35.4. The van der Waals surface area contributed by atoms with Crippen molar-refractivity contribution >= 4 is 19.7 Å². The number of unbranched alkanes of at least 4 members (excludes halogenated alkanes) is 43. The minimum atomic E-state index is -4.70. The summed E-state index contributed by atoms with van der Waals surface area (Å²) in [5.74, 6) is -0.535. The van der Waals surface area contributed by atoms with E-state index in [-0.39, 0.29) is 31.5 Å². The number of hydrogen-bond acceptors (Lipinski definition) is 7. The molecule has 10 heteroatoms. The van der Waals surface area contributed by atoms with Gasteiger partial charge < -0.3 is 28.5 Å². The minimum absolute atomic E-state index is 0.0222. The van der Waals surface area contributed by atoms with Crippen molar-refractivity contribution in [1.82, 2.24) is 5.32 Å². The number of carbonyl (C=O) groups is 2. The van der Waals surface area contributed by atoms with E-state index in [0.29, 0.717) is 17.4 Å². The van der Waals surface area contributed by atoms with Gasteiger partial charge in [-0.25, -0.2) is 0 Å². The molecule has 0 aromatic rings. The summed E-state index contributed by atoms with van der Waals surface area (Å²) in [6, 6.07) is -0.891. The van der Waals surface area contributed by atoms with Crippen LogP contribution in [0.15, 0.2) is 48.6 Å².